The molecule has 4 heteroatoms. The molecule has 2 unspecified atom stereocenters. The smallest absolute Gasteiger partial charge is 0.211 e. The molecular weight excluding hydrogens is 196 g/mol. The van der Waals surface area contributed by atoms with Crippen molar-refractivity contribution < 1.29 is 4.42 Å². The zero-order valence-corrected chi connectivity index (χ0v) is 9.43. The second kappa shape index (κ2) is 3.95. The van der Waals surface area contributed by atoms with Gasteiger partial charge in [-0.25, -0.2) is 4.98 Å². The Morgan fingerprint density at radius 1 is 1.64 bits per heavy atom. The van der Waals surface area contributed by atoms with E-state index in [9.17, 15) is 0 Å². The standard InChI is InChI=1S/C10H16N2OS/c1-6(11)10-12-9(7(2)13-10)8-4-3-5-14-8/h6,8H,3-5,11H2,1-2H3. The fraction of sp³-hybridized carbons (Fsp3) is 0.700. The van der Waals surface area contributed by atoms with Crippen molar-refractivity contribution in [2.45, 2.75) is 38.0 Å². The third-order valence-corrected chi connectivity index (χ3v) is 3.86. The Morgan fingerprint density at radius 2 is 2.43 bits per heavy atom. The van der Waals surface area contributed by atoms with Crippen LogP contribution in [0.15, 0.2) is 4.42 Å². The van der Waals surface area contributed by atoms with Gasteiger partial charge in [0.15, 0.2) is 0 Å². The van der Waals surface area contributed by atoms with E-state index in [2.05, 4.69) is 4.98 Å². The summed E-state index contributed by atoms with van der Waals surface area (Å²) in [5, 5.41) is 0.534. The molecule has 2 N–H and O–H groups in total. The Balaban J connectivity index is 2.24. The van der Waals surface area contributed by atoms with Crippen molar-refractivity contribution in [3.63, 3.8) is 0 Å². The van der Waals surface area contributed by atoms with Crippen LogP contribution in [0.1, 0.15) is 48.4 Å². The molecular formula is C10H16N2OS. The van der Waals surface area contributed by atoms with Crippen LogP contribution in [0.25, 0.3) is 0 Å². The van der Waals surface area contributed by atoms with Gasteiger partial charge in [0.1, 0.15) is 5.76 Å². The predicted octanol–water partition coefficient (Wildman–Crippen LogP) is 2.57. The number of oxazole rings is 1. The lowest BCUT2D eigenvalue weighted by molar-refractivity contribution is 0.443. The van der Waals surface area contributed by atoms with Gasteiger partial charge in [-0.1, -0.05) is 0 Å². The minimum atomic E-state index is -0.103. The van der Waals surface area contributed by atoms with E-state index in [4.69, 9.17) is 10.2 Å². The number of hydrogen-bond acceptors (Lipinski definition) is 4. The van der Waals surface area contributed by atoms with Crippen LogP contribution in [0.3, 0.4) is 0 Å². The Hall–Kier alpha value is -0.480. The molecule has 2 atom stereocenters. The first kappa shape index (κ1) is 10.1. The lowest BCUT2D eigenvalue weighted by Crippen LogP contribution is -2.05. The van der Waals surface area contributed by atoms with Crippen molar-refractivity contribution in [1.82, 2.24) is 4.98 Å². The summed E-state index contributed by atoms with van der Waals surface area (Å²) >= 11 is 1.97. The molecule has 1 aliphatic heterocycles. The highest BCUT2D eigenvalue weighted by Gasteiger charge is 2.24. The van der Waals surface area contributed by atoms with Crippen LogP contribution < -0.4 is 5.73 Å². The van der Waals surface area contributed by atoms with Gasteiger partial charge in [0.25, 0.3) is 0 Å². The van der Waals surface area contributed by atoms with Crippen LogP contribution in [0, 0.1) is 6.92 Å². The molecule has 1 aromatic heterocycles. The summed E-state index contributed by atoms with van der Waals surface area (Å²) < 4.78 is 5.54. The minimum Gasteiger partial charge on any atom is -0.444 e. The average molecular weight is 212 g/mol. The van der Waals surface area contributed by atoms with E-state index >= 15 is 0 Å². The van der Waals surface area contributed by atoms with Gasteiger partial charge in [-0.05, 0) is 32.4 Å². The number of aryl methyl sites for hydroxylation is 1. The third kappa shape index (κ3) is 1.81. The van der Waals surface area contributed by atoms with Crippen LogP contribution in [0.2, 0.25) is 0 Å². The number of aromatic nitrogens is 1. The van der Waals surface area contributed by atoms with E-state index in [-0.39, 0.29) is 6.04 Å². The zero-order valence-electron chi connectivity index (χ0n) is 8.62. The second-order valence-electron chi connectivity index (χ2n) is 3.78. The molecule has 14 heavy (non-hydrogen) atoms. The van der Waals surface area contributed by atoms with Gasteiger partial charge in [0, 0.05) is 0 Å². The number of nitrogens with zero attached hydrogens (tertiary/aromatic N) is 1. The molecule has 1 saturated heterocycles. The molecule has 0 spiro atoms. The third-order valence-electron chi connectivity index (χ3n) is 2.47. The van der Waals surface area contributed by atoms with E-state index in [1.54, 1.807) is 0 Å². The van der Waals surface area contributed by atoms with Crippen molar-refractivity contribution >= 4 is 11.8 Å². The van der Waals surface area contributed by atoms with E-state index in [0.717, 1.165) is 11.5 Å². The Labute approximate surface area is 88.5 Å². The van der Waals surface area contributed by atoms with Crippen molar-refractivity contribution in [2.24, 2.45) is 5.73 Å². The summed E-state index contributed by atoms with van der Waals surface area (Å²) in [5.74, 6) is 2.85. The van der Waals surface area contributed by atoms with Crippen molar-refractivity contribution in [2.75, 3.05) is 5.75 Å². The van der Waals surface area contributed by atoms with Crippen molar-refractivity contribution in [3.8, 4) is 0 Å². The zero-order chi connectivity index (χ0) is 10.1. The van der Waals surface area contributed by atoms with Crippen molar-refractivity contribution in [1.29, 1.82) is 0 Å². The first-order valence-corrected chi connectivity index (χ1v) is 6.07. The topological polar surface area (TPSA) is 52.0 Å². The van der Waals surface area contributed by atoms with E-state index in [0.29, 0.717) is 11.1 Å². The van der Waals surface area contributed by atoms with Crippen LogP contribution >= 0.6 is 11.8 Å². The number of thioether (sulfide) groups is 1. The molecule has 0 amide bonds. The Morgan fingerprint density at radius 3 is 2.93 bits per heavy atom. The summed E-state index contributed by atoms with van der Waals surface area (Å²) in [4.78, 5) is 4.48. The van der Waals surface area contributed by atoms with Gasteiger partial charge < -0.3 is 10.2 Å². The average Bonchev–Trinajstić information content (AvgIpc) is 2.71. The molecule has 2 heterocycles. The SMILES string of the molecule is Cc1oc(C(C)N)nc1C1CCCS1. The van der Waals surface area contributed by atoms with Gasteiger partial charge in [-0.3, -0.25) is 0 Å². The van der Waals surface area contributed by atoms with Crippen molar-refractivity contribution in [3.05, 3.63) is 17.3 Å². The molecule has 0 radical (unpaired) electrons. The van der Waals surface area contributed by atoms with Gasteiger partial charge in [0.2, 0.25) is 5.89 Å². The maximum Gasteiger partial charge on any atom is 0.211 e. The van der Waals surface area contributed by atoms with Gasteiger partial charge >= 0.3 is 0 Å². The van der Waals surface area contributed by atoms with E-state index in [1.165, 1.54) is 18.6 Å². The molecule has 1 aromatic rings. The summed E-state index contributed by atoms with van der Waals surface area (Å²) in [7, 11) is 0. The van der Waals surface area contributed by atoms with Gasteiger partial charge in [0.05, 0.1) is 17.0 Å². The largest absolute Gasteiger partial charge is 0.444 e. The number of hydrogen-bond donors (Lipinski definition) is 1. The molecule has 0 bridgehead atoms. The lowest BCUT2D eigenvalue weighted by Gasteiger charge is -2.03. The molecule has 2 rings (SSSR count). The van der Waals surface area contributed by atoms with E-state index in [1.807, 2.05) is 25.6 Å². The number of nitrogens with two attached hydrogens (primary N) is 1. The van der Waals surface area contributed by atoms with Gasteiger partial charge in [-0.2, -0.15) is 11.8 Å². The maximum absolute atomic E-state index is 5.73. The molecule has 0 saturated carbocycles. The molecule has 78 valence electrons. The molecule has 1 fully saturated rings. The maximum atomic E-state index is 5.73. The fourth-order valence-electron chi connectivity index (χ4n) is 1.72. The lowest BCUT2D eigenvalue weighted by atomic mass is 10.2. The molecule has 3 nitrogen and oxygen atoms in total. The first-order valence-electron chi connectivity index (χ1n) is 5.03. The van der Waals surface area contributed by atoms with E-state index < -0.39 is 0 Å². The Kier molecular flexibility index (Phi) is 2.83. The Bertz CT molecular complexity index is 316. The molecule has 0 aromatic carbocycles. The van der Waals surface area contributed by atoms with Crippen LogP contribution in [0.5, 0.6) is 0 Å². The van der Waals surface area contributed by atoms with Crippen LogP contribution in [-0.2, 0) is 0 Å². The summed E-state index contributed by atoms with van der Waals surface area (Å²) in [6, 6.07) is -0.103. The highest BCUT2D eigenvalue weighted by molar-refractivity contribution is 7.99. The summed E-state index contributed by atoms with van der Waals surface area (Å²) in [5.41, 5.74) is 6.84. The fourth-order valence-corrected chi connectivity index (χ4v) is 3.04. The normalized spacial score (nSPS) is 24.1. The predicted molar refractivity (Wildman–Crippen MR) is 58.3 cm³/mol. The highest BCUT2D eigenvalue weighted by atomic mass is 32.2. The molecule has 1 aliphatic rings. The van der Waals surface area contributed by atoms with Gasteiger partial charge in [-0.15, -0.1) is 0 Å². The first-order chi connectivity index (χ1) is 6.68. The second-order valence-corrected chi connectivity index (χ2v) is 5.09. The van der Waals surface area contributed by atoms with Crippen LogP contribution in [-0.4, -0.2) is 10.7 Å². The monoisotopic (exact) mass is 212 g/mol. The summed E-state index contributed by atoms with van der Waals surface area (Å²) in [6.07, 6.45) is 2.51. The van der Waals surface area contributed by atoms with Crippen LogP contribution in [0.4, 0.5) is 0 Å². The highest BCUT2D eigenvalue weighted by Crippen LogP contribution is 2.40. The minimum absolute atomic E-state index is 0.103. The quantitative estimate of drug-likeness (QED) is 0.818. The molecule has 0 aliphatic carbocycles. The number of rotatable bonds is 2. The summed E-state index contributed by atoms with van der Waals surface area (Å²) in [6.45, 7) is 3.88.